The van der Waals surface area contributed by atoms with Gasteiger partial charge in [0.2, 0.25) is 5.95 Å². The fraction of sp³-hybridized carbons (Fsp3) is 0.143. The Morgan fingerprint density at radius 1 is 1.15 bits per heavy atom. The number of rotatable bonds is 4. The first-order chi connectivity index (χ1) is 12.7. The number of benzene rings is 2. The number of terminal acetylenes is 1. The fourth-order valence-corrected chi connectivity index (χ4v) is 3.32. The molecule has 0 aliphatic rings. The summed E-state index contributed by atoms with van der Waals surface area (Å²) in [7, 11) is 1.97. The first kappa shape index (κ1) is 16.0. The van der Waals surface area contributed by atoms with Gasteiger partial charge in [-0.3, -0.25) is 0 Å². The number of hydrazone groups is 1. The fourth-order valence-electron chi connectivity index (χ4n) is 3.32. The molecule has 0 saturated carbocycles. The number of para-hydroxylation sites is 3. The molecule has 0 amide bonds. The van der Waals surface area contributed by atoms with Crippen molar-refractivity contribution in [3.05, 3.63) is 59.8 Å². The van der Waals surface area contributed by atoms with Gasteiger partial charge in [0.05, 0.1) is 23.8 Å². The number of nitrogens with zero attached hydrogens (tertiary/aromatic N) is 4. The third-order valence-electron chi connectivity index (χ3n) is 4.67. The number of aryl methyl sites for hydroxylation is 1. The lowest BCUT2D eigenvalue weighted by Crippen LogP contribution is -2.00. The smallest absolute Gasteiger partial charge is 0.224 e. The maximum Gasteiger partial charge on any atom is 0.224 e. The van der Waals surface area contributed by atoms with E-state index in [1.165, 1.54) is 0 Å². The van der Waals surface area contributed by atoms with Gasteiger partial charge in [0, 0.05) is 29.2 Å². The third kappa shape index (κ3) is 2.52. The zero-order valence-corrected chi connectivity index (χ0v) is 14.8. The molecule has 1 N–H and O–H groups in total. The minimum absolute atomic E-state index is 0.540. The van der Waals surface area contributed by atoms with Crippen LogP contribution >= 0.6 is 0 Å². The van der Waals surface area contributed by atoms with Gasteiger partial charge in [-0.25, -0.2) is 10.4 Å². The van der Waals surface area contributed by atoms with Crippen molar-refractivity contribution in [3.8, 4) is 12.3 Å². The predicted molar refractivity (Wildman–Crippen MR) is 107 cm³/mol. The van der Waals surface area contributed by atoms with Crippen LogP contribution in [-0.2, 0) is 13.6 Å². The molecule has 0 fully saturated rings. The second-order valence-electron chi connectivity index (χ2n) is 6.16. The zero-order valence-electron chi connectivity index (χ0n) is 14.8. The molecule has 0 aliphatic carbocycles. The Hall–Kier alpha value is -3.52. The van der Waals surface area contributed by atoms with Crippen LogP contribution in [0.15, 0.2) is 53.6 Å². The molecule has 5 nitrogen and oxygen atoms in total. The predicted octanol–water partition coefficient (Wildman–Crippen LogP) is 3.92. The van der Waals surface area contributed by atoms with Crippen molar-refractivity contribution >= 4 is 34.1 Å². The van der Waals surface area contributed by atoms with Crippen LogP contribution in [0.1, 0.15) is 11.3 Å². The number of aromatic nitrogens is 3. The van der Waals surface area contributed by atoms with Gasteiger partial charge in [-0.15, -0.1) is 6.42 Å². The molecule has 0 spiro atoms. The van der Waals surface area contributed by atoms with Crippen LogP contribution in [0.2, 0.25) is 0 Å². The van der Waals surface area contributed by atoms with Gasteiger partial charge in [0.25, 0.3) is 0 Å². The minimum atomic E-state index is 0.540. The topological polar surface area (TPSA) is 47.1 Å². The van der Waals surface area contributed by atoms with E-state index in [4.69, 9.17) is 6.42 Å². The Balaban J connectivity index is 1.70. The molecule has 0 radical (unpaired) electrons. The maximum atomic E-state index is 5.53. The molecule has 128 valence electrons. The van der Waals surface area contributed by atoms with Crippen molar-refractivity contribution in [2.24, 2.45) is 12.1 Å². The van der Waals surface area contributed by atoms with Gasteiger partial charge in [-0.1, -0.05) is 36.3 Å². The van der Waals surface area contributed by atoms with E-state index >= 15 is 0 Å². The standard InChI is InChI=1S/C21H19N5/c1-4-13-26-15(2)17(16-9-5-7-11-19(16)26)14-22-24-21-23-18-10-6-8-12-20(18)25(21)3/h1,5-12,14H,13H2,2-3H3,(H,23,24)/b22-14-. The number of hydrogen-bond acceptors (Lipinski definition) is 3. The average Bonchev–Trinajstić information content (AvgIpc) is 3.12. The van der Waals surface area contributed by atoms with E-state index in [0.717, 1.165) is 33.2 Å². The lowest BCUT2D eigenvalue weighted by Gasteiger charge is -2.03. The van der Waals surface area contributed by atoms with Gasteiger partial charge < -0.3 is 9.13 Å². The molecule has 4 rings (SSSR count). The highest BCUT2D eigenvalue weighted by Crippen LogP contribution is 2.24. The van der Waals surface area contributed by atoms with E-state index in [-0.39, 0.29) is 0 Å². The zero-order chi connectivity index (χ0) is 18.1. The molecule has 2 heterocycles. The summed E-state index contributed by atoms with van der Waals surface area (Å²) >= 11 is 0. The maximum absolute atomic E-state index is 5.53. The van der Waals surface area contributed by atoms with Gasteiger partial charge in [-0.05, 0) is 25.1 Å². The highest BCUT2D eigenvalue weighted by Gasteiger charge is 2.11. The molecular weight excluding hydrogens is 322 g/mol. The lowest BCUT2D eigenvalue weighted by molar-refractivity contribution is 0.846. The highest BCUT2D eigenvalue weighted by molar-refractivity contribution is 6.01. The van der Waals surface area contributed by atoms with E-state index in [9.17, 15) is 0 Å². The number of fused-ring (bicyclic) bond motifs is 2. The van der Waals surface area contributed by atoms with Crippen LogP contribution in [0.5, 0.6) is 0 Å². The van der Waals surface area contributed by atoms with Gasteiger partial charge >= 0.3 is 0 Å². The third-order valence-corrected chi connectivity index (χ3v) is 4.67. The van der Waals surface area contributed by atoms with Crippen LogP contribution in [-0.4, -0.2) is 20.3 Å². The molecule has 0 unspecified atom stereocenters. The lowest BCUT2D eigenvalue weighted by atomic mass is 10.1. The Kier molecular flexibility index (Phi) is 3.94. The summed E-state index contributed by atoms with van der Waals surface area (Å²) in [6.45, 7) is 2.60. The Labute approximate surface area is 152 Å². The second kappa shape index (κ2) is 6.41. The van der Waals surface area contributed by atoms with Gasteiger partial charge in [0.15, 0.2) is 0 Å². The Bertz CT molecular complexity index is 1170. The first-order valence-corrected chi connectivity index (χ1v) is 8.42. The van der Waals surface area contributed by atoms with E-state index in [0.29, 0.717) is 12.5 Å². The number of nitrogens with one attached hydrogen (secondary N) is 1. The summed E-state index contributed by atoms with van der Waals surface area (Å²) in [5.41, 5.74) is 8.33. The number of imidazole rings is 1. The molecule has 5 heteroatoms. The summed E-state index contributed by atoms with van der Waals surface area (Å²) in [5, 5.41) is 5.56. The monoisotopic (exact) mass is 341 g/mol. The molecule has 26 heavy (non-hydrogen) atoms. The van der Waals surface area contributed by atoms with E-state index in [2.05, 4.69) is 45.1 Å². The van der Waals surface area contributed by atoms with Crippen LogP contribution in [0.25, 0.3) is 21.9 Å². The van der Waals surface area contributed by atoms with Crippen LogP contribution < -0.4 is 5.43 Å². The summed E-state index contributed by atoms with van der Waals surface area (Å²) in [6, 6.07) is 16.2. The average molecular weight is 341 g/mol. The summed E-state index contributed by atoms with van der Waals surface area (Å²) in [6.07, 6.45) is 7.37. The number of anilines is 1. The highest BCUT2D eigenvalue weighted by atomic mass is 15.4. The molecule has 0 aliphatic heterocycles. The molecule has 2 aromatic heterocycles. The van der Waals surface area contributed by atoms with Crippen molar-refractivity contribution in [1.29, 1.82) is 0 Å². The second-order valence-corrected chi connectivity index (χ2v) is 6.16. The van der Waals surface area contributed by atoms with E-state index in [1.807, 2.05) is 54.2 Å². The largest absolute Gasteiger partial charge is 0.333 e. The normalized spacial score (nSPS) is 11.4. The molecule has 0 atom stereocenters. The van der Waals surface area contributed by atoms with Crippen LogP contribution in [0.4, 0.5) is 5.95 Å². The molecular formula is C21H19N5. The molecule has 0 saturated heterocycles. The SMILES string of the molecule is C#CCn1c(C)c(/C=N\Nc2nc3ccccc3n2C)c2ccccc21. The van der Waals surface area contributed by atoms with E-state index in [1.54, 1.807) is 0 Å². The summed E-state index contributed by atoms with van der Waals surface area (Å²) < 4.78 is 4.12. The molecule has 2 aromatic carbocycles. The quantitative estimate of drug-likeness (QED) is 0.347. The van der Waals surface area contributed by atoms with Crippen molar-refractivity contribution in [2.75, 3.05) is 5.43 Å². The van der Waals surface area contributed by atoms with Gasteiger partial charge in [0.1, 0.15) is 0 Å². The van der Waals surface area contributed by atoms with Crippen molar-refractivity contribution < 1.29 is 0 Å². The van der Waals surface area contributed by atoms with Crippen molar-refractivity contribution in [3.63, 3.8) is 0 Å². The van der Waals surface area contributed by atoms with E-state index < -0.39 is 0 Å². The first-order valence-electron chi connectivity index (χ1n) is 8.42. The Morgan fingerprint density at radius 3 is 2.65 bits per heavy atom. The van der Waals surface area contributed by atoms with Gasteiger partial charge in [-0.2, -0.15) is 5.10 Å². The summed E-state index contributed by atoms with van der Waals surface area (Å²) in [5.74, 6) is 3.43. The number of hydrogen-bond donors (Lipinski definition) is 1. The van der Waals surface area contributed by atoms with Crippen molar-refractivity contribution in [1.82, 2.24) is 14.1 Å². The molecule has 0 bridgehead atoms. The summed E-state index contributed by atoms with van der Waals surface area (Å²) in [4.78, 5) is 4.57. The Morgan fingerprint density at radius 2 is 1.88 bits per heavy atom. The van der Waals surface area contributed by atoms with Crippen LogP contribution in [0, 0.1) is 19.3 Å². The molecule has 4 aromatic rings. The minimum Gasteiger partial charge on any atom is -0.333 e. The van der Waals surface area contributed by atoms with Crippen LogP contribution in [0.3, 0.4) is 0 Å². The van der Waals surface area contributed by atoms with Crippen molar-refractivity contribution in [2.45, 2.75) is 13.5 Å².